The third-order valence-electron chi connectivity index (χ3n) is 5.82. The molecule has 1 fully saturated rings. The number of hydrogen-bond donors (Lipinski definition) is 0. The maximum Gasteiger partial charge on any atom is 0.303 e. The van der Waals surface area contributed by atoms with Gasteiger partial charge in [0, 0.05) is 6.92 Å². The van der Waals surface area contributed by atoms with Gasteiger partial charge in [0.05, 0.1) is 33.0 Å². The highest BCUT2D eigenvalue weighted by Gasteiger charge is 2.44. The molecule has 0 bridgehead atoms. The largest absolute Gasteiger partial charge is 0.457 e. The van der Waals surface area contributed by atoms with Gasteiger partial charge >= 0.3 is 5.97 Å². The van der Waals surface area contributed by atoms with Crippen LogP contribution in [0.1, 0.15) is 23.6 Å². The average Bonchev–Trinajstić information content (AvgIpc) is 2.89. The van der Waals surface area contributed by atoms with Gasteiger partial charge in [0.1, 0.15) is 18.3 Å². The van der Waals surface area contributed by atoms with Crippen molar-refractivity contribution in [2.75, 3.05) is 13.2 Å². The molecule has 1 aliphatic heterocycles. The van der Waals surface area contributed by atoms with E-state index in [4.69, 9.17) is 23.7 Å². The van der Waals surface area contributed by atoms with Crippen LogP contribution in [0.15, 0.2) is 91.0 Å². The van der Waals surface area contributed by atoms with Gasteiger partial charge in [-0.3, -0.25) is 4.79 Å². The van der Waals surface area contributed by atoms with Crippen LogP contribution in [0.3, 0.4) is 0 Å². The van der Waals surface area contributed by atoms with Gasteiger partial charge in [0.25, 0.3) is 0 Å². The molecular formula is C29H32O6. The van der Waals surface area contributed by atoms with Crippen molar-refractivity contribution in [1.82, 2.24) is 0 Å². The average molecular weight is 477 g/mol. The van der Waals surface area contributed by atoms with E-state index in [2.05, 4.69) is 0 Å². The summed E-state index contributed by atoms with van der Waals surface area (Å²) < 4.78 is 30.4. The lowest BCUT2D eigenvalue weighted by molar-refractivity contribution is -0.240. The molecule has 1 heterocycles. The van der Waals surface area contributed by atoms with E-state index in [-0.39, 0.29) is 12.6 Å². The van der Waals surface area contributed by atoms with E-state index < -0.39 is 24.4 Å². The summed E-state index contributed by atoms with van der Waals surface area (Å²) in [6.45, 7) is 3.17. The van der Waals surface area contributed by atoms with Crippen molar-refractivity contribution < 1.29 is 28.5 Å². The first-order valence-electron chi connectivity index (χ1n) is 11.9. The molecule has 4 rings (SSSR count). The molecule has 6 nitrogen and oxygen atoms in total. The van der Waals surface area contributed by atoms with Crippen LogP contribution in [0.5, 0.6) is 0 Å². The van der Waals surface area contributed by atoms with E-state index in [1.807, 2.05) is 91.0 Å². The Labute approximate surface area is 206 Å². The van der Waals surface area contributed by atoms with Gasteiger partial charge < -0.3 is 23.7 Å². The highest BCUT2D eigenvalue weighted by atomic mass is 16.6. The van der Waals surface area contributed by atoms with Crippen LogP contribution in [0.4, 0.5) is 0 Å². The van der Waals surface area contributed by atoms with Gasteiger partial charge in [-0.15, -0.1) is 0 Å². The molecule has 3 unspecified atom stereocenters. The first-order valence-corrected chi connectivity index (χ1v) is 11.9. The van der Waals surface area contributed by atoms with Crippen LogP contribution in [0, 0.1) is 0 Å². The maximum absolute atomic E-state index is 12.1. The normalized spacial score (nSPS) is 22.0. The molecule has 3 aromatic carbocycles. The molecule has 0 radical (unpaired) electrons. The highest BCUT2D eigenvalue weighted by Crippen LogP contribution is 2.26. The lowest BCUT2D eigenvalue weighted by atomic mass is 9.99. The Morgan fingerprint density at radius 2 is 1.26 bits per heavy atom. The number of hydrogen-bond acceptors (Lipinski definition) is 6. The number of carbonyl (C=O) groups is 1. The SMILES string of the molecule is CC(=O)OC1C(OCc2ccccc2)COC(COCc2ccccc2)[C@H]1OCc1ccccc1. The molecule has 0 spiro atoms. The van der Waals surface area contributed by atoms with Crippen LogP contribution in [0.2, 0.25) is 0 Å². The molecule has 4 atom stereocenters. The number of esters is 1. The van der Waals surface area contributed by atoms with Gasteiger partial charge in [-0.2, -0.15) is 0 Å². The lowest BCUT2D eigenvalue weighted by Gasteiger charge is -2.41. The third kappa shape index (κ3) is 7.73. The Balaban J connectivity index is 1.46. The second kappa shape index (κ2) is 13.2. The molecule has 0 aromatic heterocycles. The van der Waals surface area contributed by atoms with E-state index in [0.717, 1.165) is 16.7 Å². The Bertz CT molecular complexity index is 1010. The van der Waals surface area contributed by atoms with Crippen molar-refractivity contribution in [1.29, 1.82) is 0 Å². The minimum atomic E-state index is -0.626. The Morgan fingerprint density at radius 3 is 1.80 bits per heavy atom. The van der Waals surface area contributed by atoms with Gasteiger partial charge in [0.15, 0.2) is 6.10 Å². The number of benzene rings is 3. The van der Waals surface area contributed by atoms with E-state index in [1.54, 1.807) is 0 Å². The van der Waals surface area contributed by atoms with Crippen LogP contribution in [0.25, 0.3) is 0 Å². The topological polar surface area (TPSA) is 63.2 Å². The Kier molecular flexibility index (Phi) is 9.43. The zero-order chi connectivity index (χ0) is 24.3. The summed E-state index contributed by atoms with van der Waals surface area (Å²) >= 11 is 0. The van der Waals surface area contributed by atoms with Gasteiger partial charge in [-0.1, -0.05) is 91.0 Å². The van der Waals surface area contributed by atoms with Crippen molar-refractivity contribution in [2.24, 2.45) is 0 Å². The predicted octanol–water partition coefficient (Wildman–Crippen LogP) is 4.70. The van der Waals surface area contributed by atoms with Crippen molar-refractivity contribution in [2.45, 2.75) is 51.2 Å². The van der Waals surface area contributed by atoms with Crippen molar-refractivity contribution in [3.63, 3.8) is 0 Å². The molecule has 184 valence electrons. The fraction of sp³-hybridized carbons (Fsp3) is 0.345. The summed E-state index contributed by atoms with van der Waals surface area (Å²) in [7, 11) is 0. The number of ether oxygens (including phenoxy) is 5. The van der Waals surface area contributed by atoms with Crippen LogP contribution >= 0.6 is 0 Å². The molecule has 1 aliphatic rings. The van der Waals surface area contributed by atoms with Crippen molar-refractivity contribution in [3.05, 3.63) is 108 Å². The molecule has 0 saturated carbocycles. The first-order chi connectivity index (χ1) is 17.2. The zero-order valence-corrected chi connectivity index (χ0v) is 20.0. The number of rotatable bonds is 11. The molecule has 0 aliphatic carbocycles. The second-order valence-electron chi connectivity index (χ2n) is 8.54. The summed E-state index contributed by atoms with van der Waals surface area (Å²) in [5, 5.41) is 0. The summed E-state index contributed by atoms with van der Waals surface area (Å²) in [6, 6.07) is 29.7. The highest BCUT2D eigenvalue weighted by molar-refractivity contribution is 5.66. The fourth-order valence-corrected chi connectivity index (χ4v) is 4.07. The monoisotopic (exact) mass is 476 g/mol. The smallest absolute Gasteiger partial charge is 0.303 e. The quantitative estimate of drug-likeness (QED) is 0.374. The van der Waals surface area contributed by atoms with Gasteiger partial charge in [-0.25, -0.2) is 0 Å². The third-order valence-corrected chi connectivity index (χ3v) is 5.82. The van der Waals surface area contributed by atoms with Crippen LogP contribution < -0.4 is 0 Å². The minimum absolute atomic E-state index is 0.273. The molecule has 0 N–H and O–H groups in total. The van der Waals surface area contributed by atoms with E-state index in [0.29, 0.717) is 26.4 Å². The molecular weight excluding hydrogens is 444 g/mol. The number of carbonyl (C=O) groups excluding carboxylic acids is 1. The summed E-state index contributed by atoms with van der Waals surface area (Å²) in [6.07, 6.45) is -2.06. The minimum Gasteiger partial charge on any atom is -0.457 e. The Hall–Kier alpha value is -3.03. The second-order valence-corrected chi connectivity index (χ2v) is 8.54. The summed E-state index contributed by atoms with van der Waals surface area (Å²) in [5.74, 6) is -0.387. The van der Waals surface area contributed by atoms with E-state index in [9.17, 15) is 4.79 Å². The maximum atomic E-state index is 12.1. The van der Waals surface area contributed by atoms with E-state index >= 15 is 0 Å². The molecule has 35 heavy (non-hydrogen) atoms. The molecule has 1 saturated heterocycles. The molecule has 3 aromatic rings. The van der Waals surface area contributed by atoms with Crippen molar-refractivity contribution in [3.8, 4) is 0 Å². The molecule has 0 amide bonds. The van der Waals surface area contributed by atoms with Crippen LogP contribution in [-0.4, -0.2) is 43.6 Å². The zero-order valence-electron chi connectivity index (χ0n) is 20.0. The standard InChI is InChI=1S/C29H32O6/c1-22(30)35-29-27(32-18-24-13-7-3-8-14-24)21-33-26(20-31-17-23-11-5-2-6-12-23)28(29)34-19-25-15-9-4-10-16-25/h2-16,26-29H,17-21H2,1H3/t26?,27?,28-,29?/m1/s1. The first kappa shape index (κ1) is 25.1. The fourth-order valence-electron chi connectivity index (χ4n) is 4.07. The predicted molar refractivity (Wildman–Crippen MR) is 131 cm³/mol. The van der Waals surface area contributed by atoms with Gasteiger partial charge in [0.2, 0.25) is 0 Å². The molecule has 6 heteroatoms. The van der Waals surface area contributed by atoms with Crippen molar-refractivity contribution >= 4 is 5.97 Å². The van der Waals surface area contributed by atoms with Gasteiger partial charge in [-0.05, 0) is 16.7 Å². The summed E-state index contributed by atoms with van der Waals surface area (Å²) in [5.41, 5.74) is 3.13. The van der Waals surface area contributed by atoms with E-state index in [1.165, 1.54) is 6.92 Å². The summed E-state index contributed by atoms with van der Waals surface area (Å²) in [4.78, 5) is 12.1. The van der Waals surface area contributed by atoms with Crippen LogP contribution in [-0.2, 0) is 48.3 Å². The lowest BCUT2D eigenvalue weighted by Crippen LogP contribution is -2.57. The Morgan fingerprint density at radius 1 is 0.743 bits per heavy atom.